The molecule has 2 aromatic carbocycles. The van der Waals surface area contributed by atoms with E-state index in [-0.39, 0.29) is 16.3 Å². The van der Waals surface area contributed by atoms with Gasteiger partial charge in [-0.25, -0.2) is 8.42 Å². The molecule has 0 radical (unpaired) electrons. The third kappa shape index (κ3) is 4.69. The zero-order chi connectivity index (χ0) is 18.0. The first-order valence-electron chi connectivity index (χ1n) is 6.24. The molecule has 0 heterocycles. The van der Waals surface area contributed by atoms with E-state index in [9.17, 15) is 30.4 Å². The summed E-state index contributed by atoms with van der Waals surface area (Å²) in [6.07, 6.45) is -4.59. The first kappa shape index (κ1) is 18.2. The van der Waals surface area contributed by atoms with Crippen molar-refractivity contribution in [2.24, 2.45) is 0 Å². The standard InChI is InChI=1S/C13H11F3N2O4S2/c14-13(15,16)9-2-1-3-11(8-9)18-24(21,22)12-6-4-10(5-7-12)17-23(19)20/h1-8,17-18H,(H,19,20)/p-1. The molecule has 0 amide bonds. The third-order valence-electron chi connectivity index (χ3n) is 2.81. The number of alkyl halides is 3. The molecule has 0 bridgehead atoms. The Morgan fingerprint density at radius 3 is 2.17 bits per heavy atom. The predicted molar refractivity (Wildman–Crippen MR) is 81.2 cm³/mol. The number of sulfonamides is 1. The molecule has 0 fully saturated rings. The number of benzene rings is 2. The molecular formula is C13H10F3N2O4S2-. The molecule has 2 aromatic rings. The second-order valence-electron chi connectivity index (χ2n) is 4.55. The fraction of sp³-hybridized carbons (Fsp3) is 0.0769. The molecule has 0 saturated carbocycles. The summed E-state index contributed by atoms with van der Waals surface area (Å²) >= 11 is -2.56. The minimum atomic E-state index is -4.59. The maximum absolute atomic E-state index is 12.6. The SMILES string of the molecule is O=S([O-])Nc1ccc(S(=O)(=O)Nc2cccc(C(F)(F)F)c2)cc1. The molecule has 11 heteroatoms. The second kappa shape index (κ2) is 6.79. The van der Waals surface area contributed by atoms with Gasteiger partial charge < -0.3 is 9.27 Å². The van der Waals surface area contributed by atoms with E-state index in [1.165, 1.54) is 18.2 Å². The highest BCUT2D eigenvalue weighted by Crippen LogP contribution is 2.31. The molecule has 1 atom stereocenters. The lowest BCUT2D eigenvalue weighted by atomic mass is 10.2. The van der Waals surface area contributed by atoms with Crippen molar-refractivity contribution >= 4 is 32.7 Å². The van der Waals surface area contributed by atoms with Crippen LogP contribution in [0.2, 0.25) is 0 Å². The number of rotatable bonds is 5. The maximum atomic E-state index is 12.6. The van der Waals surface area contributed by atoms with E-state index in [2.05, 4.69) is 0 Å². The van der Waals surface area contributed by atoms with Crippen molar-refractivity contribution in [3.63, 3.8) is 0 Å². The van der Waals surface area contributed by atoms with E-state index in [0.717, 1.165) is 24.3 Å². The van der Waals surface area contributed by atoms with Gasteiger partial charge in [0.25, 0.3) is 10.0 Å². The average molecular weight is 379 g/mol. The Hall–Kier alpha value is -2.11. The molecule has 1 unspecified atom stereocenters. The number of anilines is 2. The predicted octanol–water partition coefficient (Wildman–Crippen LogP) is 2.71. The van der Waals surface area contributed by atoms with E-state index >= 15 is 0 Å². The first-order chi connectivity index (χ1) is 11.1. The van der Waals surface area contributed by atoms with Crippen LogP contribution in [0.5, 0.6) is 0 Å². The summed E-state index contributed by atoms with van der Waals surface area (Å²) in [5, 5.41) is 0. The first-order valence-corrected chi connectivity index (χ1v) is 8.80. The summed E-state index contributed by atoms with van der Waals surface area (Å²) in [5.74, 6) is 0. The summed E-state index contributed by atoms with van der Waals surface area (Å²) < 4.78 is 87.2. The van der Waals surface area contributed by atoms with E-state index < -0.39 is 33.0 Å². The van der Waals surface area contributed by atoms with Crippen molar-refractivity contribution in [1.82, 2.24) is 0 Å². The van der Waals surface area contributed by atoms with Crippen LogP contribution in [0.25, 0.3) is 0 Å². The summed E-state index contributed by atoms with van der Waals surface area (Å²) in [7, 11) is -4.12. The molecule has 130 valence electrons. The van der Waals surface area contributed by atoms with Crippen LogP contribution in [0, 0.1) is 0 Å². The van der Waals surface area contributed by atoms with Gasteiger partial charge in [0.2, 0.25) is 0 Å². The molecular weight excluding hydrogens is 369 g/mol. The fourth-order valence-electron chi connectivity index (χ4n) is 1.77. The van der Waals surface area contributed by atoms with Crippen LogP contribution in [0.1, 0.15) is 5.56 Å². The Morgan fingerprint density at radius 1 is 1.00 bits per heavy atom. The smallest absolute Gasteiger partial charge is 0.416 e. The van der Waals surface area contributed by atoms with Crippen molar-refractivity contribution < 1.29 is 30.4 Å². The van der Waals surface area contributed by atoms with Gasteiger partial charge in [-0.2, -0.15) is 13.2 Å². The lowest BCUT2D eigenvalue weighted by Gasteiger charge is -2.12. The Labute approximate surface area is 138 Å². The van der Waals surface area contributed by atoms with Crippen LogP contribution in [0.15, 0.2) is 53.4 Å². The highest BCUT2D eigenvalue weighted by molar-refractivity contribution is 7.92. The summed E-state index contributed by atoms with van der Waals surface area (Å²) in [6, 6.07) is 8.40. The van der Waals surface area contributed by atoms with Gasteiger partial charge in [0.05, 0.1) is 10.5 Å². The van der Waals surface area contributed by atoms with E-state index in [1.54, 1.807) is 0 Å². The molecule has 0 aliphatic heterocycles. The number of hydrogen-bond donors (Lipinski definition) is 2. The van der Waals surface area contributed by atoms with Gasteiger partial charge in [-0.05, 0) is 42.5 Å². The minimum absolute atomic E-state index is 0.140. The lowest BCUT2D eigenvalue weighted by Crippen LogP contribution is -2.14. The molecule has 6 nitrogen and oxygen atoms in total. The van der Waals surface area contributed by atoms with Gasteiger partial charge in [-0.3, -0.25) is 8.93 Å². The highest BCUT2D eigenvalue weighted by Gasteiger charge is 2.30. The van der Waals surface area contributed by atoms with E-state index in [0.29, 0.717) is 6.07 Å². The molecule has 0 aliphatic carbocycles. The second-order valence-corrected chi connectivity index (χ2v) is 6.90. The molecule has 2 N–H and O–H groups in total. The van der Waals surface area contributed by atoms with Crippen LogP contribution in [-0.4, -0.2) is 17.2 Å². The van der Waals surface area contributed by atoms with Gasteiger partial charge in [0.1, 0.15) is 0 Å². The van der Waals surface area contributed by atoms with Crippen molar-refractivity contribution in [2.75, 3.05) is 9.44 Å². The minimum Gasteiger partial charge on any atom is -0.755 e. The quantitative estimate of drug-likeness (QED) is 0.781. The van der Waals surface area contributed by atoms with E-state index in [4.69, 9.17) is 0 Å². The summed E-state index contributed by atoms with van der Waals surface area (Å²) in [6.45, 7) is 0. The Kier molecular flexibility index (Phi) is 5.16. The van der Waals surface area contributed by atoms with Gasteiger partial charge in [0.15, 0.2) is 0 Å². The molecule has 0 spiro atoms. The number of nitrogens with one attached hydrogen (secondary N) is 2. The van der Waals surface area contributed by atoms with E-state index in [1.807, 2.05) is 9.44 Å². The Bertz CT molecular complexity index is 852. The van der Waals surface area contributed by atoms with Crippen molar-refractivity contribution in [2.45, 2.75) is 11.1 Å². The van der Waals surface area contributed by atoms with Gasteiger partial charge in [-0.15, -0.1) is 0 Å². The number of halogens is 3. The molecule has 0 saturated heterocycles. The van der Waals surface area contributed by atoms with Crippen molar-refractivity contribution in [1.29, 1.82) is 0 Å². The Morgan fingerprint density at radius 2 is 1.62 bits per heavy atom. The monoisotopic (exact) mass is 379 g/mol. The maximum Gasteiger partial charge on any atom is 0.416 e. The van der Waals surface area contributed by atoms with Gasteiger partial charge in [-0.1, -0.05) is 6.07 Å². The largest absolute Gasteiger partial charge is 0.755 e. The molecule has 2 rings (SSSR count). The fourth-order valence-corrected chi connectivity index (χ4v) is 3.15. The molecule has 24 heavy (non-hydrogen) atoms. The average Bonchev–Trinajstić information content (AvgIpc) is 2.46. The summed E-state index contributed by atoms with van der Waals surface area (Å²) in [4.78, 5) is -0.234. The Balaban J connectivity index is 2.24. The van der Waals surface area contributed by atoms with Crippen LogP contribution in [0.4, 0.5) is 24.5 Å². The lowest BCUT2D eigenvalue weighted by molar-refractivity contribution is -0.137. The van der Waals surface area contributed by atoms with Crippen LogP contribution < -0.4 is 9.44 Å². The molecule has 0 aromatic heterocycles. The zero-order valence-corrected chi connectivity index (χ0v) is 13.3. The van der Waals surface area contributed by atoms with Crippen molar-refractivity contribution in [3.8, 4) is 0 Å². The normalized spacial score (nSPS) is 13.3. The third-order valence-corrected chi connectivity index (χ3v) is 4.61. The van der Waals surface area contributed by atoms with Crippen molar-refractivity contribution in [3.05, 3.63) is 54.1 Å². The highest BCUT2D eigenvalue weighted by atomic mass is 32.2. The van der Waals surface area contributed by atoms with Crippen LogP contribution in [0.3, 0.4) is 0 Å². The topological polar surface area (TPSA) is 98.3 Å². The zero-order valence-electron chi connectivity index (χ0n) is 11.7. The van der Waals surface area contributed by atoms with Gasteiger partial charge >= 0.3 is 6.18 Å². The van der Waals surface area contributed by atoms with Gasteiger partial charge in [0, 0.05) is 22.6 Å². The van der Waals surface area contributed by atoms with Crippen LogP contribution in [-0.2, 0) is 27.5 Å². The summed E-state index contributed by atoms with van der Waals surface area (Å²) in [5.41, 5.74) is -1.09. The van der Waals surface area contributed by atoms with Crippen LogP contribution >= 0.6 is 0 Å². The number of hydrogen-bond acceptors (Lipinski definition) is 4. The molecule has 0 aliphatic rings.